The summed E-state index contributed by atoms with van der Waals surface area (Å²) in [5.41, 5.74) is -1.06. The van der Waals surface area contributed by atoms with E-state index in [1.54, 1.807) is 0 Å². The smallest absolute Gasteiger partial charge is 0.346 e. The maximum Gasteiger partial charge on any atom is 0.346 e. The molecule has 0 saturated heterocycles. The number of aromatic carboxylic acids is 1. The molecule has 0 saturated carbocycles. The third kappa shape index (κ3) is 3.14. The summed E-state index contributed by atoms with van der Waals surface area (Å²) in [4.78, 5) is 25.2. The Balaban J connectivity index is 2.25. The van der Waals surface area contributed by atoms with Gasteiger partial charge in [0.2, 0.25) is 0 Å². The van der Waals surface area contributed by atoms with Crippen molar-refractivity contribution in [3.63, 3.8) is 0 Å². The molecule has 0 fully saturated rings. The number of rotatable bonds is 6. The van der Waals surface area contributed by atoms with Crippen molar-refractivity contribution in [3.05, 3.63) is 45.6 Å². The molecule has 9 heteroatoms. The maximum absolute atomic E-state index is 11.2. The van der Waals surface area contributed by atoms with E-state index in [0.29, 0.717) is 12.2 Å². The lowest BCUT2D eigenvalue weighted by atomic mass is 10.1. The zero-order chi connectivity index (χ0) is 15.4. The Kier molecular flexibility index (Phi) is 4.12. The average molecular weight is 293 g/mol. The van der Waals surface area contributed by atoms with Crippen LogP contribution in [0.2, 0.25) is 0 Å². The van der Waals surface area contributed by atoms with E-state index in [0.717, 1.165) is 6.07 Å². The molecule has 0 amide bonds. The molecule has 0 atom stereocenters. The number of ether oxygens (including phenoxy) is 1. The Hall–Kier alpha value is -2.97. The quantitative estimate of drug-likeness (QED) is 0.630. The molecule has 1 aromatic carbocycles. The number of carboxylic acids is 1. The molecular weight excluding hydrogens is 282 g/mol. The van der Waals surface area contributed by atoms with Crippen LogP contribution in [0.3, 0.4) is 0 Å². The van der Waals surface area contributed by atoms with Gasteiger partial charge in [-0.1, -0.05) is 18.1 Å². The number of nitro benzene ring substituents is 1. The molecular formula is C12H11N3O6. The lowest BCUT2D eigenvalue weighted by molar-refractivity contribution is -0.385. The van der Waals surface area contributed by atoms with Gasteiger partial charge in [-0.3, -0.25) is 10.1 Å². The third-order valence-electron chi connectivity index (χ3n) is 2.59. The van der Waals surface area contributed by atoms with Crippen molar-refractivity contribution < 1.29 is 24.1 Å². The van der Waals surface area contributed by atoms with Gasteiger partial charge in [0.15, 0.2) is 18.0 Å². The van der Waals surface area contributed by atoms with E-state index < -0.39 is 22.1 Å². The predicted molar refractivity (Wildman–Crippen MR) is 68.1 cm³/mol. The van der Waals surface area contributed by atoms with Crippen LogP contribution in [-0.2, 0) is 13.0 Å². The zero-order valence-electron chi connectivity index (χ0n) is 11.0. The minimum atomic E-state index is -1.45. The minimum Gasteiger partial charge on any atom is -0.483 e. The molecule has 21 heavy (non-hydrogen) atoms. The second kappa shape index (κ2) is 5.99. The molecule has 1 N–H and O–H groups in total. The van der Waals surface area contributed by atoms with Crippen LogP contribution in [0.4, 0.5) is 5.69 Å². The second-order valence-corrected chi connectivity index (χ2v) is 3.96. The van der Waals surface area contributed by atoms with Crippen molar-refractivity contribution in [1.82, 2.24) is 10.1 Å². The fourth-order valence-corrected chi connectivity index (χ4v) is 1.64. The highest BCUT2D eigenvalue weighted by Gasteiger charge is 2.25. The van der Waals surface area contributed by atoms with Crippen molar-refractivity contribution in [2.24, 2.45) is 0 Å². The van der Waals surface area contributed by atoms with E-state index in [1.165, 1.54) is 12.1 Å². The number of carbonyl (C=O) groups is 1. The Bertz CT molecular complexity index is 681. The fourth-order valence-electron chi connectivity index (χ4n) is 1.64. The number of aryl methyl sites for hydroxylation is 1. The highest BCUT2D eigenvalue weighted by Crippen LogP contribution is 2.28. The summed E-state index contributed by atoms with van der Waals surface area (Å²) in [6.07, 6.45) is 0.584. The van der Waals surface area contributed by atoms with Gasteiger partial charge >= 0.3 is 5.97 Å². The van der Waals surface area contributed by atoms with Crippen molar-refractivity contribution in [2.45, 2.75) is 20.0 Å². The van der Waals surface area contributed by atoms with Gasteiger partial charge in [0.05, 0.1) is 4.92 Å². The predicted octanol–water partition coefficient (Wildman–Crippen LogP) is 1.82. The van der Waals surface area contributed by atoms with Crippen LogP contribution in [-0.4, -0.2) is 26.1 Å². The van der Waals surface area contributed by atoms with Crippen LogP contribution in [0.25, 0.3) is 0 Å². The van der Waals surface area contributed by atoms with Gasteiger partial charge in [0, 0.05) is 12.5 Å². The third-order valence-corrected chi connectivity index (χ3v) is 2.59. The van der Waals surface area contributed by atoms with Crippen LogP contribution in [0.15, 0.2) is 22.7 Å². The molecule has 0 aliphatic rings. The molecule has 110 valence electrons. The number of hydrogen-bond donors (Lipinski definition) is 1. The van der Waals surface area contributed by atoms with Gasteiger partial charge in [-0.2, -0.15) is 4.98 Å². The summed E-state index contributed by atoms with van der Waals surface area (Å²) in [7, 11) is 0. The number of benzene rings is 1. The highest BCUT2D eigenvalue weighted by atomic mass is 16.6. The number of hydrogen-bond acceptors (Lipinski definition) is 7. The largest absolute Gasteiger partial charge is 0.483 e. The topological polar surface area (TPSA) is 129 Å². The van der Waals surface area contributed by atoms with Crippen LogP contribution in [0.1, 0.15) is 29.0 Å². The Labute approximate surface area is 118 Å². The Morgan fingerprint density at radius 3 is 2.86 bits per heavy atom. The molecule has 1 aromatic heterocycles. The SMILES string of the molecule is CCc1noc(COc2cccc([N+](=O)[O-])c2C(=O)O)n1. The molecule has 0 aliphatic carbocycles. The summed E-state index contributed by atoms with van der Waals surface area (Å²) in [6.45, 7) is 1.67. The van der Waals surface area contributed by atoms with Crippen LogP contribution in [0.5, 0.6) is 5.75 Å². The monoisotopic (exact) mass is 293 g/mol. The normalized spacial score (nSPS) is 10.3. The fraction of sp³-hybridized carbons (Fsp3) is 0.250. The molecule has 1 heterocycles. The summed E-state index contributed by atoms with van der Waals surface area (Å²) in [5.74, 6) is -0.925. The summed E-state index contributed by atoms with van der Waals surface area (Å²) < 4.78 is 10.1. The van der Waals surface area contributed by atoms with Crippen LogP contribution < -0.4 is 4.74 Å². The van der Waals surface area contributed by atoms with Gasteiger partial charge in [0.1, 0.15) is 5.75 Å². The first-order chi connectivity index (χ1) is 10.0. The molecule has 0 unspecified atom stereocenters. The van der Waals surface area contributed by atoms with Crippen molar-refractivity contribution in [2.75, 3.05) is 0 Å². The van der Waals surface area contributed by atoms with Gasteiger partial charge in [-0.15, -0.1) is 0 Å². The molecule has 0 aliphatic heterocycles. The molecule has 0 bridgehead atoms. The Morgan fingerprint density at radius 1 is 1.52 bits per heavy atom. The molecule has 2 rings (SSSR count). The standard InChI is InChI=1S/C12H11N3O6/c1-2-9-13-10(21-14-9)6-20-8-5-3-4-7(15(18)19)11(8)12(16)17/h3-5H,2,6H2,1H3,(H,16,17). The van der Waals surface area contributed by atoms with Gasteiger partial charge < -0.3 is 14.4 Å². The maximum atomic E-state index is 11.2. The average Bonchev–Trinajstić information content (AvgIpc) is 2.92. The molecule has 9 nitrogen and oxygen atoms in total. The van der Waals surface area contributed by atoms with Gasteiger partial charge in [0.25, 0.3) is 11.6 Å². The van der Waals surface area contributed by atoms with Crippen molar-refractivity contribution in [3.8, 4) is 5.75 Å². The number of aromatic nitrogens is 2. The number of nitro groups is 1. The first kappa shape index (κ1) is 14.4. The van der Waals surface area contributed by atoms with Gasteiger partial charge in [-0.25, -0.2) is 4.79 Å². The zero-order valence-corrected chi connectivity index (χ0v) is 11.0. The lowest BCUT2D eigenvalue weighted by Gasteiger charge is -2.07. The first-order valence-electron chi connectivity index (χ1n) is 5.98. The van der Waals surface area contributed by atoms with Crippen molar-refractivity contribution in [1.29, 1.82) is 0 Å². The number of carboxylic acid groups (broad SMARTS) is 1. The second-order valence-electron chi connectivity index (χ2n) is 3.96. The van der Waals surface area contributed by atoms with E-state index in [1.807, 2.05) is 6.92 Å². The molecule has 2 aromatic rings. The first-order valence-corrected chi connectivity index (χ1v) is 5.98. The summed E-state index contributed by atoms with van der Waals surface area (Å²) >= 11 is 0. The van der Waals surface area contributed by atoms with E-state index in [-0.39, 0.29) is 18.2 Å². The summed E-state index contributed by atoms with van der Waals surface area (Å²) in [5, 5.41) is 23.6. The molecule has 0 radical (unpaired) electrons. The van der Waals surface area contributed by atoms with E-state index >= 15 is 0 Å². The van der Waals surface area contributed by atoms with E-state index in [4.69, 9.17) is 14.4 Å². The van der Waals surface area contributed by atoms with E-state index in [2.05, 4.69) is 10.1 Å². The van der Waals surface area contributed by atoms with Crippen LogP contribution in [0, 0.1) is 10.1 Å². The van der Waals surface area contributed by atoms with Crippen LogP contribution >= 0.6 is 0 Å². The lowest BCUT2D eigenvalue weighted by Crippen LogP contribution is -2.07. The molecule has 0 spiro atoms. The Morgan fingerprint density at radius 2 is 2.29 bits per heavy atom. The summed E-state index contributed by atoms with van der Waals surface area (Å²) in [6, 6.07) is 3.76. The van der Waals surface area contributed by atoms with Gasteiger partial charge in [-0.05, 0) is 6.07 Å². The van der Waals surface area contributed by atoms with Crippen molar-refractivity contribution >= 4 is 11.7 Å². The highest BCUT2D eigenvalue weighted by molar-refractivity contribution is 5.95. The number of nitrogens with zero attached hydrogens (tertiary/aromatic N) is 3. The van der Waals surface area contributed by atoms with E-state index in [9.17, 15) is 14.9 Å². The minimum absolute atomic E-state index is 0.132.